The minimum Gasteiger partial charge on any atom is -0.470 e. The Balaban J connectivity index is 1.56. The number of hydrogen-bond acceptors (Lipinski definition) is 7. The molecule has 2 saturated heterocycles. The summed E-state index contributed by atoms with van der Waals surface area (Å²) < 4.78 is 15.7. The number of aromatic nitrogens is 3. The lowest BCUT2D eigenvalue weighted by Gasteiger charge is -2.31. The van der Waals surface area contributed by atoms with Crippen molar-refractivity contribution in [2.75, 3.05) is 13.2 Å². The van der Waals surface area contributed by atoms with Crippen LogP contribution in [-0.2, 0) is 4.74 Å². The zero-order valence-corrected chi connectivity index (χ0v) is 13.2. The van der Waals surface area contributed by atoms with Crippen LogP contribution in [0.1, 0.15) is 23.3 Å². The van der Waals surface area contributed by atoms with Gasteiger partial charge in [-0.05, 0) is 30.4 Å². The van der Waals surface area contributed by atoms with Crippen LogP contribution >= 0.6 is 11.5 Å². The van der Waals surface area contributed by atoms with Crippen LogP contribution in [0.5, 0.6) is 5.88 Å². The van der Waals surface area contributed by atoms with E-state index in [1.165, 1.54) is 11.5 Å². The molecule has 3 atom stereocenters. The topological polar surface area (TPSA) is 77.4 Å². The highest BCUT2D eigenvalue weighted by atomic mass is 32.1. The number of ether oxygens (including phenoxy) is 2. The third-order valence-corrected chi connectivity index (χ3v) is 4.73. The summed E-state index contributed by atoms with van der Waals surface area (Å²) in [5, 5.41) is 5.57. The van der Waals surface area contributed by atoms with E-state index in [0.717, 1.165) is 12.8 Å². The second-order valence-electron chi connectivity index (χ2n) is 5.62. The molecule has 1 amide bonds. The number of nitrogens with zero attached hydrogens (tertiary/aromatic N) is 4. The number of fused-ring (bicyclic) bond motifs is 1. The van der Waals surface area contributed by atoms with Crippen molar-refractivity contribution in [3.63, 3.8) is 0 Å². The standard InChI is InChI=1S/C15H16N4O3S/c20-15(10-9-23-18-17-10)19-8-12(14-11(19)4-3-7-21-14)22-13-5-1-2-6-16-13/h1-2,5-6,9,11-12,14H,3-4,7-8H2/t11-,12+,14+/m1/s1. The number of pyridine rings is 1. The van der Waals surface area contributed by atoms with E-state index in [9.17, 15) is 4.79 Å². The minimum absolute atomic E-state index is 0.0201. The Kier molecular flexibility index (Phi) is 3.92. The minimum atomic E-state index is -0.217. The molecule has 2 aliphatic heterocycles. The van der Waals surface area contributed by atoms with Gasteiger partial charge in [-0.3, -0.25) is 4.79 Å². The second-order valence-corrected chi connectivity index (χ2v) is 6.23. The van der Waals surface area contributed by atoms with Crippen LogP contribution in [0.4, 0.5) is 0 Å². The summed E-state index contributed by atoms with van der Waals surface area (Å²) in [7, 11) is 0. The third-order valence-electron chi connectivity index (χ3n) is 4.23. The number of carbonyl (C=O) groups excluding carboxylic acids is 1. The molecule has 2 aromatic heterocycles. The fraction of sp³-hybridized carbons (Fsp3) is 0.467. The van der Waals surface area contributed by atoms with Gasteiger partial charge in [-0.2, -0.15) is 0 Å². The Morgan fingerprint density at radius 1 is 1.43 bits per heavy atom. The maximum absolute atomic E-state index is 12.7. The number of likely N-dealkylation sites (tertiary alicyclic amines) is 1. The van der Waals surface area contributed by atoms with E-state index in [4.69, 9.17) is 9.47 Å². The number of carbonyl (C=O) groups is 1. The van der Waals surface area contributed by atoms with Crippen LogP contribution in [0.15, 0.2) is 29.8 Å². The van der Waals surface area contributed by atoms with E-state index in [2.05, 4.69) is 14.6 Å². The monoisotopic (exact) mass is 332 g/mol. The molecule has 2 fully saturated rings. The molecule has 8 heteroatoms. The number of rotatable bonds is 3. The van der Waals surface area contributed by atoms with Crippen molar-refractivity contribution >= 4 is 17.4 Å². The van der Waals surface area contributed by atoms with Gasteiger partial charge in [0.25, 0.3) is 5.91 Å². The van der Waals surface area contributed by atoms with Gasteiger partial charge in [0.2, 0.25) is 5.88 Å². The SMILES string of the molecule is O=C(c1csnn1)N1C[C@H](Oc2ccccn2)[C@H]2OCCC[C@H]21. The number of hydrogen-bond donors (Lipinski definition) is 0. The summed E-state index contributed by atoms with van der Waals surface area (Å²) >= 11 is 1.18. The highest BCUT2D eigenvalue weighted by molar-refractivity contribution is 7.03. The molecule has 7 nitrogen and oxygen atoms in total. The van der Waals surface area contributed by atoms with E-state index >= 15 is 0 Å². The van der Waals surface area contributed by atoms with Crippen LogP contribution in [-0.4, -0.2) is 56.8 Å². The van der Waals surface area contributed by atoms with Gasteiger partial charge in [-0.1, -0.05) is 10.6 Å². The lowest BCUT2D eigenvalue weighted by atomic mass is 10.0. The average Bonchev–Trinajstić information content (AvgIpc) is 3.24. The van der Waals surface area contributed by atoms with Gasteiger partial charge < -0.3 is 14.4 Å². The quantitative estimate of drug-likeness (QED) is 0.845. The van der Waals surface area contributed by atoms with Crippen LogP contribution in [0.2, 0.25) is 0 Å². The highest BCUT2D eigenvalue weighted by Gasteiger charge is 2.48. The lowest BCUT2D eigenvalue weighted by Crippen LogP contribution is -2.44. The summed E-state index contributed by atoms with van der Waals surface area (Å²) in [4.78, 5) is 18.7. The Morgan fingerprint density at radius 3 is 3.17 bits per heavy atom. The molecule has 0 aliphatic carbocycles. The fourth-order valence-electron chi connectivity index (χ4n) is 3.22. The average molecular weight is 332 g/mol. The smallest absolute Gasteiger partial charge is 0.275 e. The Morgan fingerprint density at radius 2 is 2.39 bits per heavy atom. The van der Waals surface area contributed by atoms with Crippen molar-refractivity contribution in [3.05, 3.63) is 35.5 Å². The summed E-state index contributed by atoms with van der Waals surface area (Å²) in [5.74, 6) is 0.446. The van der Waals surface area contributed by atoms with Crippen LogP contribution in [0.3, 0.4) is 0 Å². The first kappa shape index (κ1) is 14.5. The maximum atomic E-state index is 12.7. The predicted molar refractivity (Wildman–Crippen MR) is 82.4 cm³/mol. The van der Waals surface area contributed by atoms with Gasteiger partial charge >= 0.3 is 0 Å². The maximum Gasteiger partial charge on any atom is 0.275 e. The van der Waals surface area contributed by atoms with Gasteiger partial charge in [0.05, 0.1) is 12.6 Å². The van der Waals surface area contributed by atoms with Gasteiger partial charge in [-0.25, -0.2) is 4.98 Å². The van der Waals surface area contributed by atoms with E-state index in [-0.39, 0.29) is 24.2 Å². The van der Waals surface area contributed by atoms with Crippen molar-refractivity contribution in [2.24, 2.45) is 0 Å². The molecular formula is C15H16N4O3S. The molecule has 120 valence electrons. The fourth-order valence-corrected chi connectivity index (χ4v) is 3.65. The van der Waals surface area contributed by atoms with Crippen molar-refractivity contribution in [3.8, 4) is 5.88 Å². The molecular weight excluding hydrogens is 316 g/mol. The molecule has 2 aromatic rings. The Labute approximate surface area is 137 Å². The van der Waals surface area contributed by atoms with Crippen molar-refractivity contribution in [1.29, 1.82) is 0 Å². The largest absolute Gasteiger partial charge is 0.470 e. The molecule has 0 radical (unpaired) electrons. The van der Waals surface area contributed by atoms with Crippen LogP contribution in [0.25, 0.3) is 0 Å². The molecule has 0 spiro atoms. The predicted octanol–water partition coefficient (Wildman–Crippen LogP) is 1.38. The summed E-state index contributed by atoms with van der Waals surface area (Å²) in [5.41, 5.74) is 0.387. The van der Waals surface area contributed by atoms with Crippen molar-refractivity contribution in [1.82, 2.24) is 19.5 Å². The van der Waals surface area contributed by atoms with E-state index in [0.29, 0.717) is 24.7 Å². The van der Waals surface area contributed by atoms with Crippen molar-refractivity contribution < 1.29 is 14.3 Å². The molecule has 0 unspecified atom stereocenters. The molecule has 0 bridgehead atoms. The molecule has 4 rings (SSSR count). The van der Waals surface area contributed by atoms with Crippen LogP contribution in [0, 0.1) is 0 Å². The summed E-state index contributed by atoms with van der Waals surface area (Å²) in [6.45, 7) is 1.17. The van der Waals surface area contributed by atoms with E-state index in [1.807, 2.05) is 23.1 Å². The van der Waals surface area contributed by atoms with Gasteiger partial charge in [0.1, 0.15) is 12.2 Å². The zero-order chi connectivity index (χ0) is 15.6. The first-order chi connectivity index (χ1) is 11.3. The second kappa shape index (κ2) is 6.21. The first-order valence-electron chi connectivity index (χ1n) is 7.60. The van der Waals surface area contributed by atoms with Gasteiger partial charge in [0, 0.05) is 24.3 Å². The number of amides is 1. The molecule has 4 heterocycles. The zero-order valence-electron chi connectivity index (χ0n) is 12.4. The lowest BCUT2D eigenvalue weighted by molar-refractivity contribution is -0.0455. The summed E-state index contributed by atoms with van der Waals surface area (Å²) in [6.07, 6.45) is 3.20. The molecule has 0 saturated carbocycles. The Bertz CT molecular complexity index is 667. The van der Waals surface area contributed by atoms with E-state index < -0.39 is 0 Å². The molecule has 0 aromatic carbocycles. The third kappa shape index (κ3) is 2.79. The normalized spacial score (nSPS) is 26.8. The summed E-state index contributed by atoms with van der Waals surface area (Å²) in [6, 6.07) is 5.55. The van der Waals surface area contributed by atoms with Gasteiger partial charge in [-0.15, -0.1) is 5.10 Å². The molecule has 0 N–H and O–H groups in total. The van der Waals surface area contributed by atoms with Crippen molar-refractivity contribution in [2.45, 2.75) is 31.1 Å². The highest BCUT2D eigenvalue weighted by Crippen LogP contribution is 2.32. The van der Waals surface area contributed by atoms with Gasteiger partial charge in [0.15, 0.2) is 5.69 Å². The Hall–Kier alpha value is -2.06. The van der Waals surface area contributed by atoms with E-state index in [1.54, 1.807) is 11.6 Å². The van der Waals surface area contributed by atoms with Crippen LogP contribution < -0.4 is 4.74 Å². The molecule has 2 aliphatic rings. The molecule has 23 heavy (non-hydrogen) atoms. The first-order valence-corrected chi connectivity index (χ1v) is 8.44.